The molecule has 0 radical (unpaired) electrons. The largest absolute Gasteiger partial charge is 0.483 e. The predicted octanol–water partition coefficient (Wildman–Crippen LogP) is 3.33. The van der Waals surface area contributed by atoms with Crippen molar-refractivity contribution in [2.75, 3.05) is 43.1 Å². The molecule has 1 aliphatic heterocycles. The number of ketones is 1. The van der Waals surface area contributed by atoms with Crippen molar-refractivity contribution in [2.24, 2.45) is 0 Å². The number of ether oxygens (including phenoxy) is 3. The number of anilines is 2. The summed E-state index contributed by atoms with van der Waals surface area (Å²) in [4.78, 5) is 31.5. The lowest BCUT2D eigenvalue weighted by Crippen LogP contribution is -2.37. The van der Waals surface area contributed by atoms with E-state index in [4.69, 9.17) is 19.2 Å². The van der Waals surface area contributed by atoms with Crippen LogP contribution in [0.3, 0.4) is 0 Å². The van der Waals surface area contributed by atoms with Crippen LogP contribution in [0.25, 0.3) is 10.9 Å². The molecule has 10 nitrogen and oxygen atoms in total. The number of carbonyl (C=O) groups excluding carboxylic acids is 1. The van der Waals surface area contributed by atoms with Gasteiger partial charge in [-0.3, -0.25) is 9.78 Å². The monoisotopic (exact) mass is 492 g/mol. The van der Waals surface area contributed by atoms with Crippen molar-refractivity contribution in [3.8, 4) is 11.6 Å². The molecular formula is C26H32N6O4. The maximum Gasteiger partial charge on any atom is 0.225 e. The standard InChI is InChI=1S/C26H32N6O4/c1-17-11-22-23(27-13-17)12-24(32-7-9-34-10-8-32)31-25(22)36-20-5-3-19(4-6-20)30-26-28-14-21(15-29-26)35-16-18(2)33/h11-15,19-20H,3-10,16H2,1-2H3,(H,28,29,30). The van der Waals surface area contributed by atoms with E-state index < -0.39 is 0 Å². The van der Waals surface area contributed by atoms with Gasteiger partial charge in [-0.2, -0.15) is 4.98 Å². The fourth-order valence-electron chi connectivity index (χ4n) is 4.54. The van der Waals surface area contributed by atoms with Gasteiger partial charge in [-0.25, -0.2) is 9.97 Å². The zero-order valence-corrected chi connectivity index (χ0v) is 20.8. The van der Waals surface area contributed by atoms with Crippen LogP contribution in [0.5, 0.6) is 11.6 Å². The van der Waals surface area contributed by atoms with Crippen molar-refractivity contribution in [3.63, 3.8) is 0 Å². The van der Waals surface area contributed by atoms with E-state index in [1.165, 1.54) is 6.92 Å². The first kappa shape index (κ1) is 24.2. The van der Waals surface area contributed by atoms with Gasteiger partial charge in [0.05, 0.1) is 36.5 Å². The van der Waals surface area contributed by atoms with Crippen molar-refractivity contribution in [1.82, 2.24) is 19.9 Å². The number of rotatable bonds is 8. The Morgan fingerprint density at radius 2 is 1.83 bits per heavy atom. The van der Waals surface area contributed by atoms with Crippen LogP contribution in [0, 0.1) is 6.92 Å². The maximum absolute atomic E-state index is 11.1. The van der Waals surface area contributed by atoms with Gasteiger partial charge in [0.15, 0.2) is 11.5 Å². The predicted molar refractivity (Wildman–Crippen MR) is 136 cm³/mol. The summed E-state index contributed by atoms with van der Waals surface area (Å²) in [7, 11) is 0. The highest BCUT2D eigenvalue weighted by Gasteiger charge is 2.25. The number of carbonyl (C=O) groups is 1. The minimum Gasteiger partial charge on any atom is -0.483 e. The molecule has 1 saturated heterocycles. The molecule has 2 aliphatic rings. The molecule has 1 saturated carbocycles. The van der Waals surface area contributed by atoms with Gasteiger partial charge in [-0.05, 0) is 51.2 Å². The van der Waals surface area contributed by atoms with Gasteiger partial charge in [0, 0.05) is 31.4 Å². The summed E-state index contributed by atoms with van der Waals surface area (Å²) in [6.07, 6.45) is 8.83. The maximum atomic E-state index is 11.1. The van der Waals surface area contributed by atoms with Crippen molar-refractivity contribution in [3.05, 3.63) is 36.3 Å². The topological polar surface area (TPSA) is 112 Å². The number of aryl methyl sites for hydroxylation is 1. The van der Waals surface area contributed by atoms with Gasteiger partial charge in [0.1, 0.15) is 18.5 Å². The van der Waals surface area contributed by atoms with E-state index in [1.54, 1.807) is 12.4 Å². The molecule has 0 spiro atoms. The van der Waals surface area contributed by atoms with Crippen molar-refractivity contribution in [1.29, 1.82) is 0 Å². The summed E-state index contributed by atoms with van der Waals surface area (Å²) in [5.41, 5.74) is 1.98. The third-order valence-corrected chi connectivity index (χ3v) is 6.46. The van der Waals surface area contributed by atoms with Crippen LogP contribution in [0.2, 0.25) is 0 Å². The SMILES string of the molecule is CC(=O)COc1cnc(NC2CCC(Oc3nc(N4CCOCC4)cc4ncc(C)cc34)CC2)nc1. The Hall–Kier alpha value is -3.53. The van der Waals surface area contributed by atoms with Crippen LogP contribution in [0.4, 0.5) is 11.8 Å². The first-order valence-electron chi connectivity index (χ1n) is 12.5. The van der Waals surface area contributed by atoms with E-state index >= 15 is 0 Å². The van der Waals surface area contributed by atoms with E-state index in [0.29, 0.717) is 30.8 Å². The molecule has 5 rings (SSSR count). The third kappa shape index (κ3) is 5.99. The van der Waals surface area contributed by atoms with Gasteiger partial charge in [0.2, 0.25) is 11.8 Å². The number of nitrogens with one attached hydrogen (secondary N) is 1. The Balaban J connectivity index is 1.22. The molecule has 190 valence electrons. The molecule has 3 aromatic rings. The number of pyridine rings is 2. The van der Waals surface area contributed by atoms with Crippen molar-refractivity contribution >= 4 is 28.5 Å². The van der Waals surface area contributed by atoms with Gasteiger partial charge in [-0.15, -0.1) is 0 Å². The average molecular weight is 493 g/mol. The summed E-state index contributed by atoms with van der Waals surface area (Å²) >= 11 is 0. The molecule has 2 fully saturated rings. The molecule has 1 N–H and O–H groups in total. The molecule has 36 heavy (non-hydrogen) atoms. The first-order valence-corrected chi connectivity index (χ1v) is 12.5. The van der Waals surface area contributed by atoms with Gasteiger partial charge in [0.25, 0.3) is 0 Å². The summed E-state index contributed by atoms with van der Waals surface area (Å²) in [6, 6.07) is 4.41. The Morgan fingerprint density at radius 3 is 2.56 bits per heavy atom. The number of hydrogen-bond donors (Lipinski definition) is 1. The molecule has 0 atom stereocenters. The Bertz CT molecular complexity index is 1190. The average Bonchev–Trinajstić information content (AvgIpc) is 2.90. The second-order valence-electron chi connectivity index (χ2n) is 9.43. The fraction of sp³-hybridized carbons (Fsp3) is 0.500. The summed E-state index contributed by atoms with van der Waals surface area (Å²) in [5.74, 6) is 2.55. The molecule has 0 unspecified atom stereocenters. The van der Waals surface area contributed by atoms with E-state index in [0.717, 1.165) is 61.1 Å². The minimum atomic E-state index is -0.0430. The van der Waals surface area contributed by atoms with Gasteiger partial charge in [-0.1, -0.05) is 0 Å². The lowest BCUT2D eigenvalue weighted by molar-refractivity contribution is -0.118. The number of fused-ring (bicyclic) bond motifs is 1. The number of Topliss-reactive ketones (excluding diaryl/α,β-unsaturated/α-hetero) is 1. The fourth-order valence-corrected chi connectivity index (χ4v) is 4.54. The Kier molecular flexibility index (Phi) is 7.41. The van der Waals surface area contributed by atoms with E-state index in [1.807, 2.05) is 19.2 Å². The molecule has 0 bridgehead atoms. The lowest BCUT2D eigenvalue weighted by atomic mass is 9.93. The third-order valence-electron chi connectivity index (χ3n) is 6.46. The second-order valence-corrected chi connectivity index (χ2v) is 9.43. The summed E-state index contributed by atoms with van der Waals surface area (Å²) < 4.78 is 17.3. The lowest BCUT2D eigenvalue weighted by Gasteiger charge is -2.31. The van der Waals surface area contributed by atoms with Crippen molar-refractivity contribution < 1.29 is 19.0 Å². The first-order chi connectivity index (χ1) is 17.5. The Morgan fingerprint density at radius 1 is 1.08 bits per heavy atom. The van der Waals surface area contributed by atoms with E-state index in [2.05, 4.69) is 31.2 Å². The molecule has 0 amide bonds. The number of hydrogen-bond acceptors (Lipinski definition) is 10. The quantitative estimate of drug-likeness (QED) is 0.502. The molecule has 3 aromatic heterocycles. The van der Waals surface area contributed by atoms with E-state index in [9.17, 15) is 4.79 Å². The van der Waals surface area contributed by atoms with Crippen LogP contribution in [-0.2, 0) is 9.53 Å². The number of morpholine rings is 1. The highest BCUT2D eigenvalue weighted by atomic mass is 16.5. The highest BCUT2D eigenvalue weighted by molar-refractivity contribution is 5.86. The summed E-state index contributed by atoms with van der Waals surface area (Å²) in [5, 5.41) is 4.35. The van der Waals surface area contributed by atoms with Crippen LogP contribution < -0.4 is 19.7 Å². The second kappa shape index (κ2) is 11.0. The van der Waals surface area contributed by atoms with Crippen LogP contribution in [-0.4, -0.2) is 70.8 Å². The smallest absolute Gasteiger partial charge is 0.225 e. The minimum absolute atomic E-state index is 0.0231. The molecule has 1 aliphatic carbocycles. The van der Waals surface area contributed by atoms with Crippen LogP contribution >= 0.6 is 0 Å². The normalized spacial score (nSPS) is 20.2. The Labute approximate surface area is 210 Å². The van der Waals surface area contributed by atoms with Crippen molar-refractivity contribution in [2.45, 2.75) is 51.7 Å². The van der Waals surface area contributed by atoms with Crippen LogP contribution in [0.1, 0.15) is 38.2 Å². The molecule has 4 heterocycles. The molecule has 10 heteroatoms. The van der Waals surface area contributed by atoms with Gasteiger partial charge >= 0.3 is 0 Å². The highest BCUT2D eigenvalue weighted by Crippen LogP contribution is 2.32. The van der Waals surface area contributed by atoms with Crippen LogP contribution in [0.15, 0.2) is 30.7 Å². The van der Waals surface area contributed by atoms with Gasteiger partial charge < -0.3 is 24.4 Å². The molecule has 0 aromatic carbocycles. The summed E-state index contributed by atoms with van der Waals surface area (Å²) in [6.45, 7) is 6.56. The van der Waals surface area contributed by atoms with E-state index in [-0.39, 0.29) is 24.5 Å². The number of aromatic nitrogens is 4. The molecular weight excluding hydrogens is 460 g/mol. The zero-order chi connectivity index (χ0) is 24.9. The number of nitrogens with zero attached hydrogens (tertiary/aromatic N) is 5. The zero-order valence-electron chi connectivity index (χ0n) is 20.8.